The molecular formula is C15H21NO2. The number of benzene rings is 1. The van der Waals surface area contributed by atoms with Gasteiger partial charge in [-0.05, 0) is 36.4 Å². The second-order valence-corrected chi connectivity index (χ2v) is 5.21. The molecule has 1 aliphatic carbocycles. The van der Waals surface area contributed by atoms with Crippen molar-refractivity contribution in [2.45, 2.75) is 44.6 Å². The lowest BCUT2D eigenvalue weighted by Gasteiger charge is -2.41. The maximum absolute atomic E-state index is 11.2. The van der Waals surface area contributed by atoms with E-state index in [-0.39, 0.29) is 12.0 Å². The minimum atomic E-state index is -0.736. The fourth-order valence-corrected chi connectivity index (χ4v) is 3.14. The van der Waals surface area contributed by atoms with Crippen molar-refractivity contribution in [2.24, 2.45) is 0 Å². The monoisotopic (exact) mass is 247 g/mol. The Morgan fingerprint density at radius 1 is 1.50 bits per heavy atom. The first-order valence-electron chi connectivity index (χ1n) is 6.65. The van der Waals surface area contributed by atoms with Crippen LogP contribution in [0.25, 0.3) is 0 Å². The van der Waals surface area contributed by atoms with Crippen LogP contribution in [0.5, 0.6) is 0 Å². The van der Waals surface area contributed by atoms with Gasteiger partial charge in [0.1, 0.15) is 0 Å². The molecule has 2 N–H and O–H groups in total. The van der Waals surface area contributed by atoms with Crippen LogP contribution in [-0.4, -0.2) is 17.6 Å². The van der Waals surface area contributed by atoms with Gasteiger partial charge in [-0.15, -0.1) is 0 Å². The van der Waals surface area contributed by atoms with Crippen LogP contribution in [-0.2, 0) is 10.3 Å². The number of carbonyl (C=O) groups is 1. The molecule has 0 heterocycles. The number of fused-ring (bicyclic) bond motifs is 1. The molecule has 0 amide bonds. The van der Waals surface area contributed by atoms with E-state index < -0.39 is 5.97 Å². The number of hydrogen-bond acceptors (Lipinski definition) is 2. The average Bonchev–Trinajstić information content (AvgIpc) is 2.34. The predicted octanol–water partition coefficient (Wildman–Crippen LogP) is 2.86. The number of hydrogen-bond donors (Lipinski definition) is 2. The molecule has 2 rings (SSSR count). The summed E-state index contributed by atoms with van der Waals surface area (Å²) in [5.74, 6) is -0.220. The Morgan fingerprint density at radius 2 is 2.22 bits per heavy atom. The van der Waals surface area contributed by atoms with Crippen LogP contribution >= 0.6 is 0 Å². The first kappa shape index (κ1) is 13.1. The fourth-order valence-electron chi connectivity index (χ4n) is 3.14. The van der Waals surface area contributed by atoms with Gasteiger partial charge in [-0.2, -0.15) is 0 Å². The third kappa shape index (κ3) is 2.27. The zero-order valence-corrected chi connectivity index (χ0v) is 11.1. The van der Waals surface area contributed by atoms with Gasteiger partial charge >= 0.3 is 5.97 Å². The first-order chi connectivity index (χ1) is 8.59. The zero-order valence-electron chi connectivity index (χ0n) is 11.1. The standard InChI is InChI=1S/C15H21NO2/c1-3-16-15(10-14(17)18)9-8-11(2)12-6-4-5-7-13(12)15/h4-7,11,16H,3,8-10H2,1-2H3,(H,17,18). The molecule has 0 fully saturated rings. The minimum absolute atomic E-state index is 0.157. The summed E-state index contributed by atoms with van der Waals surface area (Å²) in [4.78, 5) is 11.2. The van der Waals surface area contributed by atoms with Gasteiger partial charge in [0.2, 0.25) is 0 Å². The van der Waals surface area contributed by atoms with Gasteiger partial charge in [0.15, 0.2) is 0 Å². The van der Waals surface area contributed by atoms with Crippen molar-refractivity contribution in [3.63, 3.8) is 0 Å². The molecule has 0 bridgehead atoms. The highest BCUT2D eigenvalue weighted by atomic mass is 16.4. The second-order valence-electron chi connectivity index (χ2n) is 5.21. The molecule has 98 valence electrons. The molecule has 0 radical (unpaired) electrons. The van der Waals surface area contributed by atoms with Gasteiger partial charge in [-0.1, -0.05) is 38.1 Å². The number of carboxylic acids is 1. The van der Waals surface area contributed by atoms with E-state index in [9.17, 15) is 9.90 Å². The molecule has 3 nitrogen and oxygen atoms in total. The number of carboxylic acid groups (broad SMARTS) is 1. The van der Waals surface area contributed by atoms with Crippen LogP contribution in [0.15, 0.2) is 24.3 Å². The van der Waals surface area contributed by atoms with Crippen LogP contribution in [0.1, 0.15) is 50.2 Å². The summed E-state index contributed by atoms with van der Waals surface area (Å²) in [6.07, 6.45) is 2.09. The minimum Gasteiger partial charge on any atom is -0.481 e. The third-order valence-electron chi connectivity index (χ3n) is 3.98. The number of nitrogens with one attached hydrogen (secondary N) is 1. The third-order valence-corrected chi connectivity index (χ3v) is 3.98. The summed E-state index contributed by atoms with van der Waals surface area (Å²) in [7, 11) is 0. The van der Waals surface area contributed by atoms with E-state index >= 15 is 0 Å². The van der Waals surface area contributed by atoms with E-state index in [2.05, 4.69) is 24.4 Å². The van der Waals surface area contributed by atoms with E-state index in [0.717, 1.165) is 19.4 Å². The molecule has 0 saturated carbocycles. The average molecular weight is 247 g/mol. The molecular weight excluding hydrogens is 226 g/mol. The molecule has 3 heteroatoms. The van der Waals surface area contributed by atoms with Crippen LogP contribution in [0.3, 0.4) is 0 Å². The van der Waals surface area contributed by atoms with Crippen LogP contribution in [0.2, 0.25) is 0 Å². The van der Waals surface area contributed by atoms with Crippen LogP contribution in [0, 0.1) is 0 Å². The lowest BCUT2D eigenvalue weighted by molar-refractivity contribution is -0.139. The van der Waals surface area contributed by atoms with Crippen LogP contribution in [0.4, 0.5) is 0 Å². The van der Waals surface area contributed by atoms with Crippen molar-refractivity contribution in [2.75, 3.05) is 6.54 Å². The Morgan fingerprint density at radius 3 is 2.89 bits per heavy atom. The molecule has 0 aromatic heterocycles. The second kappa shape index (κ2) is 5.11. The molecule has 1 aliphatic rings. The lowest BCUT2D eigenvalue weighted by Crippen LogP contribution is -2.46. The molecule has 0 aliphatic heterocycles. The molecule has 2 unspecified atom stereocenters. The SMILES string of the molecule is CCNC1(CC(=O)O)CCC(C)c2ccccc21. The Balaban J connectivity index is 2.48. The maximum Gasteiger partial charge on any atom is 0.305 e. The van der Waals surface area contributed by atoms with E-state index in [4.69, 9.17) is 0 Å². The summed E-state index contributed by atoms with van der Waals surface area (Å²) < 4.78 is 0. The van der Waals surface area contributed by atoms with Gasteiger partial charge in [0.05, 0.1) is 12.0 Å². The maximum atomic E-state index is 11.2. The van der Waals surface area contributed by atoms with Crippen molar-refractivity contribution in [1.29, 1.82) is 0 Å². The predicted molar refractivity (Wildman–Crippen MR) is 71.7 cm³/mol. The van der Waals surface area contributed by atoms with Gasteiger partial charge in [0.25, 0.3) is 0 Å². The van der Waals surface area contributed by atoms with Gasteiger partial charge < -0.3 is 10.4 Å². The smallest absolute Gasteiger partial charge is 0.305 e. The van der Waals surface area contributed by atoms with Crippen molar-refractivity contribution in [1.82, 2.24) is 5.32 Å². The highest BCUT2D eigenvalue weighted by Crippen LogP contribution is 2.43. The van der Waals surface area contributed by atoms with Crippen molar-refractivity contribution < 1.29 is 9.90 Å². The Hall–Kier alpha value is -1.35. The highest BCUT2D eigenvalue weighted by Gasteiger charge is 2.39. The summed E-state index contributed by atoms with van der Waals surface area (Å²) in [5.41, 5.74) is 2.09. The van der Waals surface area contributed by atoms with Crippen LogP contribution < -0.4 is 5.32 Å². The number of rotatable bonds is 4. The van der Waals surface area contributed by atoms with E-state index in [1.807, 2.05) is 19.1 Å². The molecule has 1 aromatic rings. The van der Waals surface area contributed by atoms with E-state index in [0.29, 0.717) is 5.92 Å². The topological polar surface area (TPSA) is 49.3 Å². The van der Waals surface area contributed by atoms with Crippen molar-refractivity contribution in [3.05, 3.63) is 35.4 Å². The quantitative estimate of drug-likeness (QED) is 0.860. The number of aliphatic carboxylic acids is 1. The molecule has 2 atom stereocenters. The largest absolute Gasteiger partial charge is 0.481 e. The normalized spacial score (nSPS) is 26.7. The first-order valence-corrected chi connectivity index (χ1v) is 6.65. The summed E-state index contributed by atoms with van der Waals surface area (Å²) in [6.45, 7) is 5.04. The van der Waals surface area contributed by atoms with Crippen molar-refractivity contribution in [3.8, 4) is 0 Å². The van der Waals surface area contributed by atoms with Gasteiger partial charge in [0, 0.05) is 0 Å². The Kier molecular flexibility index (Phi) is 3.71. The highest BCUT2D eigenvalue weighted by molar-refractivity contribution is 5.69. The Bertz CT molecular complexity index is 444. The molecule has 0 saturated heterocycles. The Labute approximate surface area is 108 Å². The van der Waals surface area contributed by atoms with Gasteiger partial charge in [-0.3, -0.25) is 4.79 Å². The van der Waals surface area contributed by atoms with Crippen molar-refractivity contribution >= 4 is 5.97 Å². The van der Waals surface area contributed by atoms with E-state index in [1.54, 1.807) is 0 Å². The summed E-state index contributed by atoms with van der Waals surface area (Å²) in [5, 5.41) is 12.6. The summed E-state index contributed by atoms with van der Waals surface area (Å²) in [6, 6.07) is 8.26. The lowest BCUT2D eigenvalue weighted by atomic mass is 9.71. The fraction of sp³-hybridized carbons (Fsp3) is 0.533. The van der Waals surface area contributed by atoms with E-state index in [1.165, 1.54) is 11.1 Å². The molecule has 0 spiro atoms. The molecule has 18 heavy (non-hydrogen) atoms. The summed E-state index contributed by atoms with van der Waals surface area (Å²) >= 11 is 0. The zero-order chi connectivity index (χ0) is 13.2. The molecule has 1 aromatic carbocycles. The van der Waals surface area contributed by atoms with Gasteiger partial charge in [-0.25, -0.2) is 0 Å².